The number of hydrogen-bond acceptors (Lipinski definition) is 24. The molecule has 0 aromatic rings. The predicted octanol–water partition coefficient (Wildman–Crippen LogP) is 16.1. The summed E-state index contributed by atoms with van der Waals surface area (Å²) in [5.74, 6) is -18.0. The first-order valence-electron chi connectivity index (χ1n) is 46.5. The lowest BCUT2D eigenvalue weighted by Gasteiger charge is -2.37. The molecule has 0 rings (SSSR count). The molecule has 0 saturated carbocycles. The molecule has 0 radical (unpaired) electrons. The van der Waals surface area contributed by atoms with Crippen LogP contribution in [0.1, 0.15) is 188 Å². The normalized spacial score (nSPS) is 12.4. The quantitative estimate of drug-likeness (QED) is 0.0256. The Balaban J connectivity index is 11.2. The Labute approximate surface area is 826 Å². The summed E-state index contributed by atoms with van der Waals surface area (Å²) in [6, 6.07) is 0. The minimum Gasteiger partial charge on any atom is -0.492 e. The first-order chi connectivity index (χ1) is 64.2. The maximum absolute atomic E-state index is 17.3. The summed E-state index contributed by atoms with van der Waals surface area (Å²) < 4.78 is 47.2. The summed E-state index contributed by atoms with van der Waals surface area (Å²) in [4.78, 5) is 219. The van der Waals surface area contributed by atoms with Crippen molar-refractivity contribution < 1.29 is 110 Å². The topological polar surface area (TPSA) is 352 Å². The van der Waals surface area contributed by atoms with Crippen LogP contribution in [0.25, 0.3) is 0 Å². The summed E-state index contributed by atoms with van der Waals surface area (Å²) in [7, 11) is 0. The van der Waals surface area contributed by atoms with E-state index in [9.17, 15) is 43.5 Å². The minimum atomic E-state index is -1.73. The van der Waals surface area contributed by atoms with E-state index in [1.807, 2.05) is 0 Å². The van der Waals surface area contributed by atoms with Gasteiger partial charge in [0.15, 0.2) is 34.7 Å². The van der Waals surface area contributed by atoms with Crippen LogP contribution in [-0.4, -0.2) is 266 Å². The molecular weight excluding hydrogens is 1780 g/mol. The Hall–Kier alpha value is -11.8. The monoisotopic (exact) mass is 1940 g/mol. The van der Waals surface area contributed by atoms with Gasteiger partial charge in [-0.2, -0.15) is 0 Å². The molecule has 0 aliphatic heterocycles. The standard InChI is InChI=1S/C108H160N6O23S/c1-35-108(33,34)107(129)137-66-93(115)65-136-100(122)68-138-67-92(106(128)114(47-41-99(121)80(24)25)53-59-135-87(32)74(12)13)64-91(105(127)113(46-40-98(120)79(22)23)52-58-134-86(31)73(10)11)63-90(104(126)112(45-39-97(119)78(20)21)51-57-133-85(30)72(8)9)62-89(103(125)111(44-38-96(118)77(18)19)50-56-132-84(29)71(6)7)61-88(102(124)110(43-37-95(117)76(16)17)49-55-131-83(28)70(4)5)60-81(26)101(123)109(42-36-94(116)75(14)15)48-54-130-82(27)69(2)3/h81,88-93,115H,2,4,6,8,10,12,14,16,18,20,22,24,27-32,35-68H2,1,3,5,7,9,11,13,15,17,19,21,23,25-26,33-34H3. The van der Waals surface area contributed by atoms with E-state index in [1.165, 1.54) is 70.9 Å². The van der Waals surface area contributed by atoms with Crippen molar-refractivity contribution in [2.75, 3.05) is 143 Å². The third kappa shape index (κ3) is 49.5. The number of rotatable bonds is 80. The second-order valence-electron chi connectivity index (χ2n) is 36.2. The van der Waals surface area contributed by atoms with Gasteiger partial charge in [-0.1, -0.05) is 132 Å². The van der Waals surface area contributed by atoms with Crippen LogP contribution in [0.2, 0.25) is 0 Å². The highest BCUT2D eigenvalue weighted by Crippen LogP contribution is 2.37. The summed E-state index contributed by atoms with van der Waals surface area (Å²) in [5, 5.41) is 11.0. The Morgan fingerprint density at radius 3 is 0.703 bits per heavy atom. The van der Waals surface area contributed by atoms with Gasteiger partial charge < -0.3 is 72.4 Å². The van der Waals surface area contributed by atoms with Gasteiger partial charge in [-0.15, -0.1) is 11.8 Å². The highest BCUT2D eigenvalue weighted by molar-refractivity contribution is 7.99. The molecule has 0 bridgehead atoms. The van der Waals surface area contributed by atoms with Gasteiger partial charge in [-0.3, -0.25) is 67.1 Å². The first-order valence-corrected chi connectivity index (χ1v) is 47.7. The van der Waals surface area contributed by atoms with Crippen LogP contribution < -0.4 is 0 Å². The van der Waals surface area contributed by atoms with Gasteiger partial charge in [0.05, 0.1) is 50.4 Å². The van der Waals surface area contributed by atoms with Crippen LogP contribution in [0.4, 0.5) is 0 Å². The molecule has 7 atom stereocenters. The number of ketones is 6. The number of esters is 2. The molecule has 6 amide bonds. The van der Waals surface area contributed by atoms with Crippen molar-refractivity contribution in [2.24, 2.45) is 40.9 Å². The average molecular weight is 1940 g/mol. The Morgan fingerprint density at radius 2 is 0.486 bits per heavy atom. The molecule has 0 aromatic heterocycles. The van der Waals surface area contributed by atoms with Crippen molar-refractivity contribution in [3.63, 3.8) is 0 Å². The van der Waals surface area contributed by atoms with E-state index in [-0.39, 0.29) is 236 Å². The molecule has 0 aromatic carbocycles. The SMILES string of the molecule is C=C(C)C(=C)OCCN(CCC(=O)C(=C)C)C(=O)C(C)CC(CC(CC(CC(CC(CSCC(=O)OCC(O)COC(=O)C(C)(C)CC)C(=O)N(CCOC(=C)C(=C)C)CCC(=O)C(=C)C)C(=O)N(CCOC(=C)C(=C)C)CCC(=O)C(=C)C)C(=O)N(CCOC(=C)C(=C)C)CCC(=O)C(=C)C)C(=O)N(CCOC(=C)C(=C)C)CCC(=O)C(=C)C)C(=O)N(CCOC(=C)C(=C)C)CCC(=O)C(=C)C. The van der Waals surface area contributed by atoms with Crippen LogP contribution in [0, 0.1) is 40.9 Å². The number of nitrogens with zero attached hydrogens (tertiary/aromatic N) is 6. The third-order valence-corrected chi connectivity index (χ3v) is 24.0. The van der Waals surface area contributed by atoms with Crippen molar-refractivity contribution >= 4 is 93.8 Å². The number of allylic oxidation sites excluding steroid dienone is 12. The molecule has 0 aliphatic carbocycles. The summed E-state index contributed by atoms with van der Waals surface area (Å²) in [5.41, 5.74) is 2.59. The van der Waals surface area contributed by atoms with Crippen molar-refractivity contribution in [1.29, 1.82) is 0 Å². The van der Waals surface area contributed by atoms with Crippen molar-refractivity contribution in [2.45, 2.75) is 194 Å². The van der Waals surface area contributed by atoms with Gasteiger partial charge in [-0.25, -0.2) is 0 Å². The molecular formula is C108H160N6O23S. The third-order valence-electron chi connectivity index (χ3n) is 23.0. The molecule has 29 nitrogen and oxygen atoms in total. The van der Waals surface area contributed by atoms with Crippen LogP contribution in [0.5, 0.6) is 0 Å². The lowest BCUT2D eigenvalue weighted by Crippen LogP contribution is -2.48. The maximum atomic E-state index is 17.3. The molecule has 0 fully saturated rings. The minimum absolute atomic E-state index is 0.113. The number of ether oxygens (including phenoxy) is 8. The second kappa shape index (κ2) is 65.1. The van der Waals surface area contributed by atoms with Gasteiger partial charge >= 0.3 is 11.9 Å². The molecule has 766 valence electrons. The average Bonchev–Trinajstić information content (AvgIpc) is 0.812. The van der Waals surface area contributed by atoms with E-state index in [0.717, 1.165) is 11.8 Å². The first kappa shape index (κ1) is 126. The van der Waals surface area contributed by atoms with Gasteiger partial charge in [0.25, 0.3) is 0 Å². The zero-order valence-corrected chi connectivity index (χ0v) is 86.6. The van der Waals surface area contributed by atoms with E-state index in [1.54, 1.807) is 69.2 Å². The number of hydrogen-bond donors (Lipinski definition) is 1. The Bertz CT molecular complexity index is 4550. The summed E-state index contributed by atoms with van der Waals surface area (Å²) >= 11 is 0.869. The summed E-state index contributed by atoms with van der Waals surface area (Å²) in [6.45, 7) is 90.2. The van der Waals surface area contributed by atoms with Crippen molar-refractivity contribution in [1.82, 2.24) is 29.4 Å². The number of carbonyl (C=O) groups excluding carboxylic acids is 14. The van der Waals surface area contributed by atoms with E-state index >= 15 is 28.8 Å². The van der Waals surface area contributed by atoms with Crippen LogP contribution in [0.3, 0.4) is 0 Å². The van der Waals surface area contributed by atoms with Gasteiger partial charge in [-0.05, 0) is 202 Å². The lowest BCUT2D eigenvalue weighted by molar-refractivity contribution is -0.159. The lowest BCUT2D eigenvalue weighted by atomic mass is 9.77. The number of amides is 6. The fourth-order valence-corrected chi connectivity index (χ4v) is 14.0. The van der Waals surface area contributed by atoms with E-state index in [4.69, 9.17) is 37.9 Å². The fourth-order valence-electron chi connectivity index (χ4n) is 13.1. The number of Topliss-reactive ketones (excluding diaryl/α,β-unsaturated/α-hetero) is 6. The molecule has 0 saturated heterocycles. The van der Waals surface area contributed by atoms with Gasteiger partial charge in [0.1, 0.15) is 93.5 Å². The maximum Gasteiger partial charge on any atom is 0.315 e. The summed E-state index contributed by atoms with van der Waals surface area (Å²) in [6.07, 6.45) is -5.88. The van der Waals surface area contributed by atoms with Crippen LogP contribution >= 0.6 is 11.8 Å². The smallest absolute Gasteiger partial charge is 0.315 e. The molecule has 0 spiro atoms. The predicted molar refractivity (Wildman–Crippen MR) is 545 cm³/mol. The number of aliphatic hydroxyl groups excluding tert-OH is 1. The largest absolute Gasteiger partial charge is 0.492 e. The molecule has 0 aliphatic rings. The zero-order valence-electron chi connectivity index (χ0n) is 85.8. The second-order valence-corrected chi connectivity index (χ2v) is 37.3. The highest BCUT2D eigenvalue weighted by Gasteiger charge is 2.43. The van der Waals surface area contributed by atoms with E-state index < -0.39 is 174 Å². The van der Waals surface area contributed by atoms with Crippen LogP contribution in [0.15, 0.2) is 220 Å². The van der Waals surface area contributed by atoms with Gasteiger partial charge in [0.2, 0.25) is 35.4 Å². The molecule has 0 heterocycles. The fraction of sp³-hybridized carbons (Fsp3) is 0.537. The van der Waals surface area contributed by atoms with Gasteiger partial charge in [0, 0.05) is 119 Å². The van der Waals surface area contributed by atoms with E-state index in [2.05, 4.69) is 118 Å². The van der Waals surface area contributed by atoms with Crippen LogP contribution in [-0.2, 0) is 105 Å². The Kier molecular flexibility index (Phi) is 59.6. The Morgan fingerprint density at radius 1 is 0.283 bits per heavy atom. The number of thioether (sulfide) groups is 1. The molecule has 1 N–H and O–H groups in total. The van der Waals surface area contributed by atoms with E-state index in [0.29, 0.717) is 39.9 Å². The number of carbonyl (C=O) groups is 14. The molecule has 7 unspecified atom stereocenters. The highest BCUT2D eigenvalue weighted by atomic mass is 32.2. The van der Waals surface area contributed by atoms with Crippen molar-refractivity contribution in [3.8, 4) is 0 Å². The molecule has 30 heteroatoms. The van der Waals surface area contributed by atoms with Crippen molar-refractivity contribution in [3.05, 3.63) is 220 Å². The zero-order chi connectivity index (χ0) is 106. The number of aliphatic hydroxyl groups is 1. The molecule has 138 heavy (non-hydrogen) atoms.